The Bertz CT molecular complexity index is 1300. The van der Waals surface area contributed by atoms with Crippen LogP contribution in [0, 0.1) is 23.2 Å². The average Bonchev–Trinajstić information content (AvgIpc) is 3.14. The number of carbonyl (C=O) groups is 1. The number of hydrogen-bond donors (Lipinski definition) is 4. The van der Waals surface area contributed by atoms with Crippen LogP contribution in [0.3, 0.4) is 0 Å². The maximum atomic E-state index is 12.5. The van der Waals surface area contributed by atoms with Gasteiger partial charge in [-0.25, -0.2) is 15.0 Å². The molecule has 3 aromatic rings. The molecule has 33 heavy (non-hydrogen) atoms. The molecule has 3 saturated carbocycles. The van der Waals surface area contributed by atoms with Crippen LogP contribution in [0.1, 0.15) is 43.7 Å². The summed E-state index contributed by atoms with van der Waals surface area (Å²) < 4.78 is 6.74. The molecule has 0 radical (unpaired) electrons. The molecule has 4 atom stereocenters. The highest BCUT2D eigenvalue weighted by Crippen LogP contribution is 2.68. The van der Waals surface area contributed by atoms with Crippen molar-refractivity contribution in [3.8, 4) is 11.8 Å². The molecule has 3 aliphatic rings. The van der Waals surface area contributed by atoms with E-state index in [-0.39, 0.29) is 24.1 Å². The number of carbonyl (C=O) groups excluding carboxylic acids is 1. The van der Waals surface area contributed by atoms with Gasteiger partial charge < -0.3 is 25.3 Å². The van der Waals surface area contributed by atoms with Crippen LogP contribution in [0.4, 0.5) is 5.82 Å². The second kappa shape index (κ2) is 7.04. The molecule has 3 heterocycles. The van der Waals surface area contributed by atoms with Crippen molar-refractivity contribution in [3.63, 3.8) is 0 Å². The van der Waals surface area contributed by atoms with Gasteiger partial charge in [0.2, 0.25) is 11.7 Å². The molecule has 3 aromatic heterocycles. The summed E-state index contributed by atoms with van der Waals surface area (Å²) in [6.45, 7) is 0. The van der Waals surface area contributed by atoms with Gasteiger partial charge in [-0.1, -0.05) is 0 Å². The SMILES string of the molecule is CNC(=O)C12CC1C[C@](O)(n1cnc3c(NC4CCC4)nc(C#Cc4ccco4)nc31)[C@@H]2O. The van der Waals surface area contributed by atoms with E-state index in [0.717, 1.165) is 19.3 Å². The van der Waals surface area contributed by atoms with Gasteiger partial charge in [0.15, 0.2) is 28.5 Å². The third-order valence-corrected chi connectivity index (χ3v) is 7.35. The number of aliphatic hydroxyl groups excluding tert-OH is 1. The molecule has 170 valence electrons. The van der Waals surface area contributed by atoms with Gasteiger partial charge in [-0.05, 0) is 55.6 Å². The number of aliphatic hydroxyl groups is 2. The maximum Gasteiger partial charge on any atom is 0.229 e. The van der Waals surface area contributed by atoms with Crippen LogP contribution in [0.25, 0.3) is 11.2 Å². The average molecular weight is 448 g/mol. The number of anilines is 1. The summed E-state index contributed by atoms with van der Waals surface area (Å²) >= 11 is 0. The Balaban J connectivity index is 1.45. The molecule has 0 aliphatic heterocycles. The summed E-state index contributed by atoms with van der Waals surface area (Å²) in [5, 5.41) is 28.8. The van der Waals surface area contributed by atoms with Crippen molar-refractivity contribution >= 4 is 22.9 Å². The van der Waals surface area contributed by atoms with Crippen LogP contribution in [0.15, 0.2) is 29.1 Å². The normalized spacial score (nSPS) is 30.3. The summed E-state index contributed by atoms with van der Waals surface area (Å²) in [6.07, 6.45) is 5.72. The van der Waals surface area contributed by atoms with Crippen molar-refractivity contribution in [2.75, 3.05) is 12.4 Å². The Labute approximate surface area is 189 Å². The summed E-state index contributed by atoms with van der Waals surface area (Å²) in [5.74, 6) is 6.71. The minimum Gasteiger partial charge on any atom is -0.456 e. The topological polar surface area (TPSA) is 138 Å². The van der Waals surface area contributed by atoms with Crippen LogP contribution in [-0.2, 0) is 10.5 Å². The van der Waals surface area contributed by atoms with E-state index < -0.39 is 17.2 Å². The molecule has 0 aromatic carbocycles. The zero-order valence-corrected chi connectivity index (χ0v) is 18.1. The van der Waals surface area contributed by atoms with Crippen molar-refractivity contribution in [3.05, 3.63) is 36.3 Å². The summed E-state index contributed by atoms with van der Waals surface area (Å²) in [6, 6.07) is 3.78. The van der Waals surface area contributed by atoms with E-state index in [1.165, 1.54) is 17.2 Å². The highest BCUT2D eigenvalue weighted by atomic mass is 16.4. The van der Waals surface area contributed by atoms with Gasteiger partial charge in [0.25, 0.3) is 0 Å². The first-order valence-corrected chi connectivity index (χ1v) is 11.2. The van der Waals surface area contributed by atoms with Gasteiger partial charge in [0.1, 0.15) is 6.10 Å². The van der Waals surface area contributed by atoms with Crippen LogP contribution < -0.4 is 10.6 Å². The summed E-state index contributed by atoms with van der Waals surface area (Å²) in [7, 11) is 1.54. The number of nitrogens with one attached hydrogen (secondary N) is 2. The number of amides is 1. The fraction of sp³-hybridized carbons (Fsp3) is 0.478. The first-order valence-electron chi connectivity index (χ1n) is 11.2. The minimum atomic E-state index is -1.71. The van der Waals surface area contributed by atoms with E-state index in [4.69, 9.17) is 4.42 Å². The molecule has 4 N–H and O–H groups in total. The second-order valence-corrected chi connectivity index (χ2v) is 9.19. The summed E-state index contributed by atoms with van der Waals surface area (Å²) in [5.41, 5.74) is -1.86. The predicted molar refractivity (Wildman–Crippen MR) is 117 cm³/mol. The number of furan rings is 1. The Morgan fingerprint density at radius 2 is 2.15 bits per heavy atom. The quantitative estimate of drug-likeness (QED) is 0.433. The largest absolute Gasteiger partial charge is 0.456 e. The van der Waals surface area contributed by atoms with Gasteiger partial charge in [-0.3, -0.25) is 9.36 Å². The molecule has 3 fully saturated rings. The minimum absolute atomic E-state index is 0.109. The molecule has 10 heteroatoms. The highest BCUT2D eigenvalue weighted by Gasteiger charge is 2.76. The lowest BCUT2D eigenvalue weighted by atomic mass is 9.93. The molecule has 0 spiro atoms. The predicted octanol–water partition coefficient (Wildman–Crippen LogP) is 0.945. The number of imidazole rings is 1. The Morgan fingerprint density at radius 1 is 1.30 bits per heavy atom. The number of rotatable bonds is 4. The van der Waals surface area contributed by atoms with E-state index in [9.17, 15) is 15.0 Å². The molecule has 0 saturated heterocycles. The molecule has 0 bridgehead atoms. The van der Waals surface area contributed by atoms with E-state index in [1.807, 2.05) is 0 Å². The number of hydrogen-bond acceptors (Lipinski definition) is 8. The lowest BCUT2D eigenvalue weighted by Crippen LogP contribution is -2.49. The lowest BCUT2D eigenvalue weighted by Gasteiger charge is -2.33. The highest BCUT2D eigenvalue weighted by molar-refractivity contribution is 5.88. The van der Waals surface area contributed by atoms with Crippen molar-refractivity contribution in [1.82, 2.24) is 24.8 Å². The molecular formula is C23H24N6O4. The lowest BCUT2D eigenvalue weighted by molar-refractivity contribution is -0.155. The Morgan fingerprint density at radius 3 is 2.85 bits per heavy atom. The van der Waals surface area contributed by atoms with E-state index in [2.05, 4.69) is 37.4 Å². The monoisotopic (exact) mass is 448 g/mol. The van der Waals surface area contributed by atoms with Gasteiger partial charge in [0.05, 0.1) is 18.0 Å². The van der Waals surface area contributed by atoms with Gasteiger partial charge in [-0.15, -0.1) is 0 Å². The fourth-order valence-corrected chi connectivity index (χ4v) is 5.24. The number of aromatic nitrogens is 4. The first kappa shape index (κ1) is 20.2. The van der Waals surface area contributed by atoms with Crippen molar-refractivity contribution in [2.45, 2.75) is 50.0 Å². The molecule has 6 rings (SSSR count). The standard InChI is InChI=1S/C23H24N6O4/c1-24-21(31)22-10-13(22)11-23(32,20(22)30)29-12-25-17-18(26-14-4-2-5-14)27-16(28-19(17)29)8-7-15-6-3-9-33-15/h3,6,9,12-14,20,30,32H,2,4-5,10-11H2,1H3,(H,24,31)(H,26,27,28)/t13?,20-,22?,23-/m1/s1. The molecular weight excluding hydrogens is 424 g/mol. The Kier molecular flexibility index (Phi) is 4.31. The number of fused-ring (bicyclic) bond motifs is 2. The van der Waals surface area contributed by atoms with Crippen molar-refractivity contribution in [2.24, 2.45) is 11.3 Å². The molecule has 10 nitrogen and oxygen atoms in total. The fourth-order valence-electron chi connectivity index (χ4n) is 5.24. The van der Waals surface area contributed by atoms with E-state index in [1.54, 1.807) is 19.2 Å². The van der Waals surface area contributed by atoms with Crippen molar-refractivity contribution < 1.29 is 19.4 Å². The van der Waals surface area contributed by atoms with E-state index in [0.29, 0.717) is 35.2 Å². The second-order valence-electron chi connectivity index (χ2n) is 9.19. The summed E-state index contributed by atoms with van der Waals surface area (Å²) in [4.78, 5) is 26.1. The maximum absolute atomic E-state index is 12.5. The molecule has 1 amide bonds. The number of nitrogens with zero attached hydrogens (tertiary/aromatic N) is 4. The zero-order chi connectivity index (χ0) is 22.8. The molecule has 2 unspecified atom stereocenters. The smallest absolute Gasteiger partial charge is 0.229 e. The zero-order valence-electron chi connectivity index (χ0n) is 18.1. The van der Waals surface area contributed by atoms with Gasteiger partial charge in [0, 0.05) is 19.5 Å². The van der Waals surface area contributed by atoms with Gasteiger partial charge in [-0.2, -0.15) is 0 Å². The van der Waals surface area contributed by atoms with Crippen LogP contribution in [0.5, 0.6) is 0 Å². The Hall–Kier alpha value is -3.42. The third-order valence-electron chi connectivity index (χ3n) is 7.35. The van der Waals surface area contributed by atoms with E-state index >= 15 is 0 Å². The van der Waals surface area contributed by atoms with Gasteiger partial charge >= 0.3 is 0 Å². The third kappa shape index (κ3) is 2.89. The van der Waals surface area contributed by atoms with Crippen LogP contribution >= 0.6 is 0 Å². The van der Waals surface area contributed by atoms with Crippen LogP contribution in [0.2, 0.25) is 0 Å². The van der Waals surface area contributed by atoms with Crippen LogP contribution in [-0.4, -0.2) is 54.8 Å². The first-order chi connectivity index (χ1) is 16.0. The molecule has 3 aliphatic carbocycles. The van der Waals surface area contributed by atoms with Crippen molar-refractivity contribution in [1.29, 1.82) is 0 Å².